The molecular weight excluding hydrogens is 306 g/mol. The van der Waals surface area contributed by atoms with Crippen LogP contribution in [0.25, 0.3) is 0 Å². The summed E-state index contributed by atoms with van der Waals surface area (Å²) in [6, 6.07) is 7.34. The molecule has 1 saturated heterocycles. The topological polar surface area (TPSA) is 70.7 Å². The number of likely N-dealkylation sites (N-methyl/N-ethyl adjacent to an activating group) is 1. The fraction of sp³-hybridized carbons (Fsp3) is 0.556. The van der Waals surface area contributed by atoms with Crippen LogP contribution in [0.5, 0.6) is 5.75 Å². The first-order valence-electron chi connectivity index (χ1n) is 8.29. The van der Waals surface area contributed by atoms with Gasteiger partial charge in [-0.25, -0.2) is 0 Å². The first-order valence-corrected chi connectivity index (χ1v) is 8.29. The zero-order valence-electron chi connectivity index (χ0n) is 14.9. The maximum atomic E-state index is 12.6. The van der Waals surface area contributed by atoms with Crippen LogP contribution < -0.4 is 15.4 Å². The molecule has 1 atom stereocenters. The molecule has 2 amide bonds. The van der Waals surface area contributed by atoms with Gasteiger partial charge in [0, 0.05) is 20.1 Å². The van der Waals surface area contributed by atoms with Gasteiger partial charge < -0.3 is 15.4 Å². The van der Waals surface area contributed by atoms with E-state index in [2.05, 4.69) is 10.6 Å². The molecule has 0 radical (unpaired) electrons. The molecule has 0 aliphatic carbocycles. The maximum absolute atomic E-state index is 12.6. The lowest BCUT2D eigenvalue weighted by Gasteiger charge is -2.37. The van der Waals surface area contributed by atoms with E-state index in [1.807, 2.05) is 43.0 Å². The first-order chi connectivity index (χ1) is 11.4. The Labute approximate surface area is 143 Å². The summed E-state index contributed by atoms with van der Waals surface area (Å²) in [6.45, 7) is 4.94. The molecule has 1 fully saturated rings. The number of likely N-dealkylation sites (tertiary alicyclic amines) is 1. The average molecular weight is 333 g/mol. The van der Waals surface area contributed by atoms with Crippen LogP contribution >= 0.6 is 0 Å². The molecule has 1 aromatic carbocycles. The van der Waals surface area contributed by atoms with E-state index >= 15 is 0 Å². The zero-order valence-corrected chi connectivity index (χ0v) is 14.9. The van der Waals surface area contributed by atoms with Crippen LogP contribution in [0.4, 0.5) is 0 Å². The molecule has 24 heavy (non-hydrogen) atoms. The number of benzene rings is 1. The number of amides is 2. The highest BCUT2D eigenvalue weighted by Crippen LogP contribution is 2.27. The van der Waals surface area contributed by atoms with Crippen molar-refractivity contribution in [1.29, 1.82) is 0 Å². The average Bonchev–Trinajstić information content (AvgIpc) is 3.10. The SMILES string of the molecule is CNC(=O)C(C)(C)N1CCC[C@H]1C(=O)NCc1ccc(OC)cc1. The summed E-state index contributed by atoms with van der Waals surface area (Å²) in [5.41, 5.74) is 0.312. The number of methoxy groups -OCH3 is 1. The minimum atomic E-state index is -0.701. The molecule has 6 heteroatoms. The number of nitrogens with one attached hydrogen (secondary N) is 2. The largest absolute Gasteiger partial charge is 0.497 e. The van der Waals surface area contributed by atoms with E-state index < -0.39 is 5.54 Å². The van der Waals surface area contributed by atoms with Gasteiger partial charge in [0.1, 0.15) is 5.75 Å². The molecule has 0 spiro atoms. The van der Waals surface area contributed by atoms with Gasteiger partial charge in [-0.1, -0.05) is 12.1 Å². The predicted octanol–water partition coefficient (Wildman–Crippen LogP) is 1.30. The highest BCUT2D eigenvalue weighted by Gasteiger charge is 2.43. The molecule has 1 aliphatic rings. The molecular formula is C18H27N3O3. The lowest BCUT2D eigenvalue weighted by molar-refractivity contribution is -0.136. The Morgan fingerprint density at radius 2 is 1.96 bits per heavy atom. The molecule has 2 rings (SSSR count). The van der Waals surface area contributed by atoms with Crippen LogP contribution in [-0.2, 0) is 16.1 Å². The number of ether oxygens (including phenoxy) is 1. The standard InChI is InChI=1S/C18H27N3O3/c1-18(2,17(23)19-3)21-11-5-6-15(21)16(22)20-12-13-7-9-14(24-4)10-8-13/h7-10,15H,5-6,11-12H2,1-4H3,(H,19,23)(H,20,22)/t15-/m0/s1. The van der Waals surface area contributed by atoms with E-state index in [9.17, 15) is 9.59 Å². The number of carbonyl (C=O) groups is 2. The van der Waals surface area contributed by atoms with E-state index in [0.717, 1.165) is 30.7 Å². The third-order valence-corrected chi connectivity index (χ3v) is 4.68. The molecule has 1 heterocycles. The van der Waals surface area contributed by atoms with E-state index in [4.69, 9.17) is 4.74 Å². The summed E-state index contributed by atoms with van der Waals surface area (Å²) < 4.78 is 5.13. The van der Waals surface area contributed by atoms with Crippen molar-refractivity contribution in [3.05, 3.63) is 29.8 Å². The van der Waals surface area contributed by atoms with Gasteiger partial charge in [0.15, 0.2) is 0 Å². The minimum absolute atomic E-state index is 0.0275. The quantitative estimate of drug-likeness (QED) is 0.823. The highest BCUT2D eigenvalue weighted by molar-refractivity contribution is 5.87. The second-order valence-electron chi connectivity index (χ2n) is 6.56. The normalized spacial score (nSPS) is 18.2. The van der Waals surface area contributed by atoms with Crippen LogP contribution in [0, 0.1) is 0 Å². The molecule has 6 nitrogen and oxygen atoms in total. The Balaban J connectivity index is 1.98. The summed E-state index contributed by atoms with van der Waals surface area (Å²) in [5, 5.41) is 5.67. The second-order valence-corrected chi connectivity index (χ2v) is 6.56. The summed E-state index contributed by atoms with van der Waals surface area (Å²) in [4.78, 5) is 26.7. The molecule has 1 aromatic rings. The van der Waals surface area contributed by atoms with Crippen molar-refractivity contribution < 1.29 is 14.3 Å². The fourth-order valence-electron chi connectivity index (χ4n) is 3.20. The van der Waals surface area contributed by atoms with Gasteiger partial charge >= 0.3 is 0 Å². The number of nitrogens with zero attached hydrogens (tertiary/aromatic N) is 1. The van der Waals surface area contributed by atoms with Gasteiger partial charge in [-0.2, -0.15) is 0 Å². The molecule has 0 aromatic heterocycles. The van der Waals surface area contributed by atoms with Gasteiger partial charge in [-0.3, -0.25) is 14.5 Å². The highest BCUT2D eigenvalue weighted by atomic mass is 16.5. The summed E-state index contributed by atoms with van der Waals surface area (Å²) in [5.74, 6) is 0.692. The molecule has 0 saturated carbocycles. The maximum Gasteiger partial charge on any atom is 0.239 e. The molecule has 0 unspecified atom stereocenters. The van der Waals surface area contributed by atoms with E-state index in [-0.39, 0.29) is 17.9 Å². The van der Waals surface area contributed by atoms with Crippen molar-refractivity contribution in [3.8, 4) is 5.75 Å². The number of carbonyl (C=O) groups excluding carboxylic acids is 2. The zero-order chi connectivity index (χ0) is 17.7. The molecule has 2 N–H and O–H groups in total. The number of hydrogen-bond acceptors (Lipinski definition) is 4. The summed E-state index contributed by atoms with van der Waals surface area (Å²) in [7, 11) is 3.25. The third kappa shape index (κ3) is 3.87. The Morgan fingerprint density at radius 1 is 1.29 bits per heavy atom. The van der Waals surface area contributed by atoms with E-state index in [1.54, 1.807) is 14.2 Å². The lowest BCUT2D eigenvalue weighted by atomic mass is 10.00. The Kier molecular flexibility index (Phi) is 5.83. The molecule has 132 valence electrons. The van der Waals surface area contributed by atoms with Crippen LogP contribution in [-0.4, -0.2) is 49.0 Å². The van der Waals surface area contributed by atoms with Gasteiger partial charge in [0.25, 0.3) is 0 Å². The van der Waals surface area contributed by atoms with Crippen molar-refractivity contribution in [2.75, 3.05) is 20.7 Å². The van der Waals surface area contributed by atoms with Gasteiger partial charge in [0.05, 0.1) is 18.7 Å². The van der Waals surface area contributed by atoms with Crippen molar-refractivity contribution in [2.24, 2.45) is 0 Å². The minimum Gasteiger partial charge on any atom is -0.497 e. The van der Waals surface area contributed by atoms with Crippen LogP contribution in [0.2, 0.25) is 0 Å². The summed E-state index contributed by atoms with van der Waals surface area (Å²) in [6.07, 6.45) is 1.69. The second kappa shape index (κ2) is 7.66. The monoisotopic (exact) mass is 333 g/mol. The van der Waals surface area contributed by atoms with Crippen LogP contribution in [0.3, 0.4) is 0 Å². The van der Waals surface area contributed by atoms with Crippen molar-refractivity contribution in [1.82, 2.24) is 15.5 Å². The summed E-state index contributed by atoms with van der Waals surface area (Å²) >= 11 is 0. The van der Waals surface area contributed by atoms with Gasteiger partial charge in [-0.05, 0) is 44.4 Å². The Morgan fingerprint density at radius 3 is 2.54 bits per heavy atom. The fourth-order valence-corrected chi connectivity index (χ4v) is 3.20. The first kappa shape index (κ1) is 18.3. The smallest absolute Gasteiger partial charge is 0.239 e. The van der Waals surface area contributed by atoms with Crippen LogP contribution in [0.15, 0.2) is 24.3 Å². The van der Waals surface area contributed by atoms with E-state index in [0.29, 0.717) is 6.54 Å². The van der Waals surface area contributed by atoms with Gasteiger partial charge in [-0.15, -0.1) is 0 Å². The number of rotatable bonds is 6. The molecule has 1 aliphatic heterocycles. The lowest BCUT2D eigenvalue weighted by Crippen LogP contribution is -2.58. The van der Waals surface area contributed by atoms with Crippen molar-refractivity contribution >= 4 is 11.8 Å². The molecule has 0 bridgehead atoms. The van der Waals surface area contributed by atoms with Crippen molar-refractivity contribution in [3.63, 3.8) is 0 Å². The Hall–Kier alpha value is -2.08. The number of hydrogen-bond donors (Lipinski definition) is 2. The third-order valence-electron chi connectivity index (χ3n) is 4.68. The van der Waals surface area contributed by atoms with Crippen molar-refractivity contribution in [2.45, 2.75) is 44.8 Å². The van der Waals surface area contributed by atoms with Gasteiger partial charge in [0.2, 0.25) is 11.8 Å². The van der Waals surface area contributed by atoms with Crippen LogP contribution in [0.1, 0.15) is 32.3 Å². The Bertz CT molecular complexity index is 584. The van der Waals surface area contributed by atoms with E-state index in [1.165, 1.54) is 0 Å². The predicted molar refractivity (Wildman–Crippen MR) is 92.7 cm³/mol.